The Kier molecular flexibility index (Phi) is 7.02. The fourth-order valence-corrected chi connectivity index (χ4v) is 2.84. The van der Waals surface area contributed by atoms with Gasteiger partial charge in [-0.15, -0.1) is 0 Å². The summed E-state index contributed by atoms with van der Waals surface area (Å²) in [5.74, 6) is 0.830. The number of hydrogen-bond acceptors (Lipinski definition) is 3. The largest absolute Gasteiger partial charge is 0.494 e. The molecule has 2 atom stereocenters. The molecule has 134 valence electrons. The van der Waals surface area contributed by atoms with Crippen LogP contribution in [0.15, 0.2) is 54.6 Å². The second kappa shape index (κ2) is 9.23. The van der Waals surface area contributed by atoms with Gasteiger partial charge in [0.15, 0.2) is 0 Å². The van der Waals surface area contributed by atoms with Gasteiger partial charge in [-0.25, -0.2) is 0 Å². The summed E-state index contributed by atoms with van der Waals surface area (Å²) in [7, 11) is 1.97. The van der Waals surface area contributed by atoms with Crippen LogP contribution in [-0.4, -0.2) is 31.0 Å². The number of hydrogen-bond donors (Lipinski definition) is 1. The van der Waals surface area contributed by atoms with Gasteiger partial charge in [0.1, 0.15) is 11.8 Å². The first kappa shape index (κ1) is 19.0. The van der Waals surface area contributed by atoms with Crippen LogP contribution in [0.5, 0.6) is 5.75 Å². The number of ether oxygens (including phenoxy) is 1. The number of amides is 1. The lowest BCUT2D eigenvalue weighted by Gasteiger charge is -2.28. The van der Waals surface area contributed by atoms with E-state index in [0.717, 1.165) is 23.4 Å². The maximum atomic E-state index is 13.0. The molecule has 2 aromatic rings. The van der Waals surface area contributed by atoms with Gasteiger partial charge in [0.05, 0.1) is 12.6 Å². The van der Waals surface area contributed by atoms with E-state index in [1.165, 1.54) is 0 Å². The quantitative estimate of drug-likeness (QED) is 0.791. The molecule has 0 radical (unpaired) electrons. The Hall–Kier alpha value is -2.33. The topological polar surface area (TPSA) is 41.6 Å². The second-order valence-electron chi connectivity index (χ2n) is 6.12. The predicted molar refractivity (Wildman–Crippen MR) is 102 cm³/mol. The van der Waals surface area contributed by atoms with Crippen molar-refractivity contribution < 1.29 is 9.53 Å². The molecule has 0 aromatic heterocycles. The maximum Gasteiger partial charge on any atom is 0.242 e. The summed E-state index contributed by atoms with van der Waals surface area (Å²) in [6.45, 7) is 7.43. The Balaban J connectivity index is 2.16. The van der Waals surface area contributed by atoms with Crippen LogP contribution in [0.1, 0.15) is 44.0 Å². The van der Waals surface area contributed by atoms with E-state index in [4.69, 9.17) is 4.74 Å². The maximum absolute atomic E-state index is 13.0. The van der Waals surface area contributed by atoms with E-state index in [-0.39, 0.29) is 18.0 Å². The average Bonchev–Trinajstić information content (AvgIpc) is 2.63. The van der Waals surface area contributed by atoms with E-state index >= 15 is 0 Å². The lowest BCUT2D eigenvalue weighted by atomic mass is 10.0. The highest BCUT2D eigenvalue weighted by atomic mass is 16.5. The Labute approximate surface area is 150 Å². The SMILES string of the molecule is CCOc1cccc(C(C)NC(=O)C(c2ccccc2)N(C)CC)c1. The first-order chi connectivity index (χ1) is 12.1. The zero-order valence-electron chi connectivity index (χ0n) is 15.5. The molecule has 2 rings (SSSR count). The van der Waals surface area contributed by atoms with Crippen molar-refractivity contribution in [3.63, 3.8) is 0 Å². The molecule has 0 saturated carbocycles. The highest BCUT2D eigenvalue weighted by molar-refractivity contribution is 5.83. The third kappa shape index (κ3) is 5.07. The minimum Gasteiger partial charge on any atom is -0.494 e. The Morgan fingerprint density at radius 3 is 2.40 bits per heavy atom. The van der Waals surface area contributed by atoms with Gasteiger partial charge in [-0.1, -0.05) is 49.4 Å². The van der Waals surface area contributed by atoms with Crippen molar-refractivity contribution in [1.29, 1.82) is 0 Å². The van der Waals surface area contributed by atoms with Gasteiger partial charge in [0.25, 0.3) is 0 Å². The van der Waals surface area contributed by atoms with Crippen molar-refractivity contribution in [2.45, 2.75) is 32.9 Å². The molecule has 2 aromatic carbocycles. The molecule has 2 unspecified atom stereocenters. The lowest BCUT2D eigenvalue weighted by Crippen LogP contribution is -2.39. The van der Waals surface area contributed by atoms with Gasteiger partial charge in [0, 0.05) is 0 Å². The number of nitrogens with one attached hydrogen (secondary N) is 1. The molecule has 0 heterocycles. The minimum atomic E-state index is -0.302. The summed E-state index contributed by atoms with van der Waals surface area (Å²) in [6, 6.07) is 17.4. The molecule has 0 fully saturated rings. The van der Waals surface area contributed by atoms with Crippen LogP contribution in [-0.2, 0) is 4.79 Å². The van der Waals surface area contributed by atoms with E-state index in [2.05, 4.69) is 12.2 Å². The van der Waals surface area contributed by atoms with Gasteiger partial charge in [0.2, 0.25) is 5.91 Å². The van der Waals surface area contributed by atoms with Crippen LogP contribution in [0.3, 0.4) is 0 Å². The van der Waals surface area contributed by atoms with Gasteiger partial charge < -0.3 is 10.1 Å². The number of rotatable bonds is 8. The summed E-state index contributed by atoms with van der Waals surface area (Å²) in [5, 5.41) is 3.14. The number of nitrogens with zero attached hydrogens (tertiary/aromatic N) is 1. The van der Waals surface area contributed by atoms with E-state index < -0.39 is 0 Å². The molecule has 0 spiro atoms. The molecule has 0 aliphatic carbocycles. The summed E-state index contributed by atoms with van der Waals surface area (Å²) in [6.07, 6.45) is 0. The molecule has 0 aliphatic heterocycles. The van der Waals surface area contributed by atoms with Gasteiger partial charge >= 0.3 is 0 Å². The van der Waals surface area contributed by atoms with Crippen LogP contribution >= 0.6 is 0 Å². The Morgan fingerprint density at radius 1 is 1.08 bits per heavy atom. The van der Waals surface area contributed by atoms with Crippen LogP contribution in [0.4, 0.5) is 0 Å². The van der Waals surface area contributed by atoms with Crippen molar-refractivity contribution in [2.75, 3.05) is 20.2 Å². The third-order valence-corrected chi connectivity index (χ3v) is 4.33. The Bertz CT molecular complexity index is 673. The van der Waals surface area contributed by atoms with Crippen molar-refractivity contribution in [3.8, 4) is 5.75 Å². The molecule has 1 N–H and O–H groups in total. The van der Waals surface area contributed by atoms with E-state index in [1.54, 1.807) is 0 Å². The summed E-state index contributed by atoms with van der Waals surface area (Å²) in [5.41, 5.74) is 2.03. The monoisotopic (exact) mass is 340 g/mol. The van der Waals surface area contributed by atoms with Crippen LogP contribution in [0.25, 0.3) is 0 Å². The fourth-order valence-electron chi connectivity index (χ4n) is 2.84. The van der Waals surface area contributed by atoms with Crippen molar-refractivity contribution in [2.24, 2.45) is 0 Å². The minimum absolute atomic E-state index is 0.00450. The zero-order chi connectivity index (χ0) is 18.2. The van der Waals surface area contributed by atoms with Crippen molar-refractivity contribution in [3.05, 3.63) is 65.7 Å². The highest BCUT2D eigenvalue weighted by Gasteiger charge is 2.25. The highest BCUT2D eigenvalue weighted by Crippen LogP contribution is 2.23. The van der Waals surface area contributed by atoms with Gasteiger partial charge in [-0.3, -0.25) is 9.69 Å². The molecule has 4 heteroatoms. The van der Waals surface area contributed by atoms with E-state index in [9.17, 15) is 4.79 Å². The number of likely N-dealkylation sites (N-methyl/N-ethyl adjacent to an activating group) is 1. The summed E-state index contributed by atoms with van der Waals surface area (Å²) >= 11 is 0. The fraction of sp³-hybridized carbons (Fsp3) is 0.381. The Morgan fingerprint density at radius 2 is 1.76 bits per heavy atom. The van der Waals surface area contributed by atoms with Crippen molar-refractivity contribution >= 4 is 5.91 Å². The molecule has 25 heavy (non-hydrogen) atoms. The third-order valence-electron chi connectivity index (χ3n) is 4.33. The molecular weight excluding hydrogens is 312 g/mol. The van der Waals surface area contributed by atoms with Crippen molar-refractivity contribution in [1.82, 2.24) is 10.2 Å². The first-order valence-electron chi connectivity index (χ1n) is 8.85. The zero-order valence-corrected chi connectivity index (χ0v) is 15.5. The van der Waals surface area contributed by atoms with Gasteiger partial charge in [-0.2, -0.15) is 0 Å². The summed E-state index contributed by atoms with van der Waals surface area (Å²) < 4.78 is 5.55. The first-order valence-corrected chi connectivity index (χ1v) is 8.85. The molecule has 0 bridgehead atoms. The summed E-state index contributed by atoms with van der Waals surface area (Å²) in [4.78, 5) is 15.0. The predicted octanol–water partition coefficient (Wildman–Crippen LogP) is 3.96. The van der Waals surface area contributed by atoms with Crippen LogP contribution in [0, 0.1) is 0 Å². The molecule has 0 saturated heterocycles. The smallest absolute Gasteiger partial charge is 0.242 e. The average molecular weight is 340 g/mol. The molecular formula is C21H28N2O2. The standard InChI is InChI=1S/C21H28N2O2/c1-5-23(4)20(17-11-8-7-9-12-17)21(24)22-16(3)18-13-10-14-19(15-18)25-6-2/h7-16,20H,5-6H2,1-4H3,(H,22,24). The number of carbonyl (C=O) groups is 1. The van der Waals surface area contributed by atoms with E-state index in [0.29, 0.717) is 6.61 Å². The van der Waals surface area contributed by atoms with E-state index in [1.807, 2.05) is 80.4 Å². The molecule has 0 aliphatic rings. The second-order valence-corrected chi connectivity index (χ2v) is 6.12. The lowest BCUT2D eigenvalue weighted by molar-refractivity contribution is -0.126. The number of carbonyl (C=O) groups excluding carboxylic acids is 1. The van der Waals surface area contributed by atoms with Gasteiger partial charge in [-0.05, 0) is 50.7 Å². The van der Waals surface area contributed by atoms with Crippen LogP contribution in [0.2, 0.25) is 0 Å². The normalized spacial score (nSPS) is 13.3. The molecule has 1 amide bonds. The van der Waals surface area contributed by atoms with Crippen LogP contribution < -0.4 is 10.1 Å². The number of benzene rings is 2. The molecule has 4 nitrogen and oxygen atoms in total.